The molecule has 1 aliphatic heterocycles. The zero-order valence-electron chi connectivity index (χ0n) is 12.0. The number of hydrogen-bond acceptors (Lipinski definition) is 4. The zero-order valence-corrected chi connectivity index (χ0v) is 12.0. The summed E-state index contributed by atoms with van der Waals surface area (Å²) in [6, 6.07) is 4.01. The van der Waals surface area contributed by atoms with Gasteiger partial charge in [-0.25, -0.2) is 4.98 Å². The molecule has 0 aromatic carbocycles. The topological polar surface area (TPSA) is 48.4 Å². The third-order valence-electron chi connectivity index (χ3n) is 3.91. The van der Waals surface area contributed by atoms with Gasteiger partial charge in [-0.15, -0.1) is 0 Å². The quantitative estimate of drug-likeness (QED) is 0.851. The summed E-state index contributed by atoms with van der Waals surface area (Å²) in [6.45, 7) is 8.02. The van der Waals surface area contributed by atoms with Crippen LogP contribution < -0.4 is 10.2 Å². The van der Waals surface area contributed by atoms with Crippen LogP contribution in [0.4, 0.5) is 5.82 Å². The van der Waals surface area contributed by atoms with Crippen LogP contribution in [0.5, 0.6) is 0 Å². The first-order chi connectivity index (χ1) is 9.19. The summed E-state index contributed by atoms with van der Waals surface area (Å²) in [6.07, 6.45) is 4.48. The van der Waals surface area contributed by atoms with Gasteiger partial charge in [0.1, 0.15) is 5.82 Å². The van der Waals surface area contributed by atoms with E-state index >= 15 is 0 Å². The largest absolute Gasteiger partial charge is 0.385 e. The molecule has 1 aromatic rings. The van der Waals surface area contributed by atoms with E-state index in [2.05, 4.69) is 35.1 Å². The van der Waals surface area contributed by atoms with Crippen molar-refractivity contribution in [3.8, 4) is 0 Å². The lowest BCUT2D eigenvalue weighted by molar-refractivity contribution is 0.00590. The number of rotatable bonds is 5. The first kappa shape index (κ1) is 14.3. The summed E-state index contributed by atoms with van der Waals surface area (Å²) in [7, 11) is 0. The highest BCUT2D eigenvalue weighted by atomic mass is 16.3. The first-order valence-corrected chi connectivity index (χ1v) is 7.34. The minimum absolute atomic E-state index is 0.686. The summed E-state index contributed by atoms with van der Waals surface area (Å²) >= 11 is 0. The van der Waals surface area contributed by atoms with E-state index < -0.39 is 5.60 Å². The lowest BCUT2D eigenvalue weighted by Crippen LogP contribution is -2.39. The maximum Gasteiger partial charge on any atom is 0.128 e. The Balaban J connectivity index is 2.22. The van der Waals surface area contributed by atoms with Gasteiger partial charge < -0.3 is 15.3 Å². The van der Waals surface area contributed by atoms with E-state index in [9.17, 15) is 5.11 Å². The van der Waals surface area contributed by atoms with Crippen LogP contribution in [-0.2, 0) is 5.60 Å². The average molecular weight is 263 g/mol. The lowest BCUT2D eigenvalue weighted by Gasteiger charge is -2.33. The average Bonchev–Trinajstić information content (AvgIpc) is 2.46. The lowest BCUT2D eigenvalue weighted by atomic mass is 9.85. The Kier molecular flexibility index (Phi) is 4.77. The van der Waals surface area contributed by atoms with Crippen LogP contribution in [0.3, 0.4) is 0 Å². The SMILES string of the molecule is CCCN(CC)c1cc(C2(O)CCNCC2)ccn1. The van der Waals surface area contributed by atoms with E-state index in [1.54, 1.807) is 0 Å². The standard InChI is InChI=1S/C15H25N3O/c1-3-11-18(4-2)14-12-13(5-8-17-14)15(19)6-9-16-10-7-15/h5,8,12,16,19H,3-4,6-7,9-11H2,1-2H3. The third-order valence-corrected chi connectivity index (χ3v) is 3.91. The number of hydrogen-bond donors (Lipinski definition) is 2. The van der Waals surface area contributed by atoms with Crippen LogP contribution in [0.2, 0.25) is 0 Å². The molecule has 4 nitrogen and oxygen atoms in total. The molecule has 2 N–H and O–H groups in total. The number of anilines is 1. The van der Waals surface area contributed by atoms with Crippen LogP contribution in [0, 0.1) is 0 Å². The van der Waals surface area contributed by atoms with Gasteiger partial charge in [0.25, 0.3) is 0 Å². The van der Waals surface area contributed by atoms with Gasteiger partial charge in [0.15, 0.2) is 0 Å². The molecule has 4 heteroatoms. The summed E-state index contributed by atoms with van der Waals surface area (Å²) in [5.41, 5.74) is 0.322. The van der Waals surface area contributed by atoms with E-state index in [1.165, 1.54) is 0 Å². The molecule has 0 bridgehead atoms. The fourth-order valence-corrected chi connectivity index (χ4v) is 2.71. The second-order valence-corrected chi connectivity index (χ2v) is 5.26. The van der Waals surface area contributed by atoms with Crippen molar-refractivity contribution in [2.75, 3.05) is 31.1 Å². The van der Waals surface area contributed by atoms with E-state index in [-0.39, 0.29) is 0 Å². The van der Waals surface area contributed by atoms with Crippen molar-refractivity contribution in [1.82, 2.24) is 10.3 Å². The van der Waals surface area contributed by atoms with E-state index in [0.717, 1.165) is 56.8 Å². The molecule has 106 valence electrons. The van der Waals surface area contributed by atoms with Crippen molar-refractivity contribution >= 4 is 5.82 Å². The highest BCUT2D eigenvalue weighted by Gasteiger charge is 2.31. The molecule has 0 amide bonds. The number of aromatic nitrogens is 1. The molecule has 1 fully saturated rings. The molecule has 0 unspecified atom stereocenters. The predicted octanol–water partition coefficient (Wildman–Crippen LogP) is 1.89. The minimum Gasteiger partial charge on any atom is -0.385 e. The Morgan fingerprint density at radius 3 is 2.74 bits per heavy atom. The van der Waals surface area contributed by atoms with Crippen LogP contribution in [-0.4, -0.2) is 36.3 Å². The number of aliphatic hydroxyl groups is 1. The molecule has 0 radical (unpaired) electrons. The molecule has 1 aromatic heterocycles. The maximum absolute atomic E-state index is 10.8. The van der Waals surface area contributed by atoms with Gasteiger partial charge in [-0.2, -0.15) is 0 Å². The zero-order chi connectivity index (χ0) is 13.7. The summed E-state index contributed by atoms with van der Waals surface area (Å²) < 4.78 is 0. The Morgan fingerprint density at radius 2 is 2.11 bits per heavy atom. The van der Waals surface area contributed by atoms with E-state index in [4.69, 9.17) is 0 Å². The second-order valence-electron chi connectivity index (χ2n) is 5.26. The molecule has 19 heavy (non-hydrogen) atoms. The Hall–Kier alpha value is -1.13. The van der Waals surface area contributed by atoms with Crippen LogP contribution >= 0.6 is 0 Å². The monoisotopic (exact) mass is 263 g/mol. The van der Waals surface area contributed by atoms with Gasteiger partial charge in [-0.3, -0.25) is 0 Å². The van der Waals surface area contributed by atoms with Crippen molar-refractivity contribution in [2.45, 2.75) is 38.7 Å². The summed E-state index contributed by atoms with van der Waals surface area (Å²) in [4.78, 5) is 6.71. The van der Waals surface area contributed by atoms with E-state index in [1.807, 2.05) is 12.3 Å². The van der Waals surface area contributed by atoms with E-state index in [0.29, 0.717) is 0 Å². The highest BCUT2D eigenvalue weighted by Crippen LogP contribution is 2.31. The Bertz CT molecular complexity index is 402. The number of pyridine rings is 1. The molecule has 2 heterocycles. The van der Waals surface area contributed by atoms with Gasteiger partial charge in [-0.05, 0) is 57.0 Å². The number of nitrogens with one attached hydrogen (secondary N) is 1. The van der Waals surface area contributed by atoms with Crippen LogP contribution in [0.15, 0.2) is 18.3 Å². The van der Waals surface area contributed by atoms with Gasteiger partial charge in [0, 0.05) is 19.3 Å². The molecule has 0 spiro atoms. The predicted molar refractivity (Wildman–Crippen MR) is 78.4 cm³/mol. The smallest absolute Gasteiger partial charge is 0.128 e. The minimum atomic E-state index is -0.686. The summed E-state index contributed by atoms with van der Waals surface area (Å²) in [5, 5.41) is 14.1. The third kappa shape index (κ3) is 3.25. The molecule has 0 aliphatic carbocycles. The molecule has 1 aliphatic rings. The van der Waals surface area contributed by atoms with Gasteiger partial charge >= 0.3 is 0 Å². The van der Waals surface area contributed by atoms with Crippen molar-refractivity contribution < 1.29 is 5.11 Å². The molecular weight excluding hydrogens is 238 g/mol. The van der Waals surface area contributed by atoms with Crippen molar-refractivity contribution in [3.05, 3.63) is 23.9 Å². The number of nitrogens with zero attached hydrogens (tertiary/aromatic N) is 2. The normalized spacial score (nSPS) is 18.3. The fraction of sp³-hybridized carbons (Fsp3) is 0.667. The van der Waals surface area contributed by atoms with Gasteiger partial charge in [-0.1, -0.05) is 6.92 Å². The van der Waals surface area contributed by atoms with Crippen molar-refractivity contribution in [3.63, 3.8) is 0 Å². The molecule has 2 rings (SSSR count). The Morgan fingerprint density at radius 1 is 1.37 bits per heavy atom. The first-order valence-electron chi connectivity index (χ1n) is 7.34. The van der Waals surface area contributed by atoms with Gasteiger partial charge in [0.2, 0.25) is 0 Å². The fourth-order valence-electron chi connectivity index (χ4n) is 2.71. The molecule has 0 atom stereocenters. The van der Waals surface area contributed by atoms with Crippen molar-refractivity contribution in [1.29, 1.82) is 0 Å². The van der Waals surface area contributed by atoms with Crippen LogP contribution in [0.25, 0.3) is 0 Å². The maximum atomic E-state index is 10.8. The number of piperidine rings is 1. The Labute approximate surface area is 115 Å². The van der Waals surface area contributed by atoms with Crippen molar-refractivity contribution in [2.24, 2.45) is 0 Å². The molecule has 0 saturated carbocycles. The molecule has 1 saturated heterocycles. The molecular formula is C15H25N3O. The van der Waals surface area contributed by atoms with Crippen LogP contribution in [0.1, 0.15) is 38.7 Å². The highest BCUT2D eigenvalue weighted by molar-refractivity contribution is 5.42. The summed E-state index contributed by atoms with van der Waals surface area (Å²) in [5.74, 6) is 0.980. The second kappa shape index (κ2) is 6.35. The van der Waals surface area contributed by atoms with Gasteiger partial charge in [0.05, 0.1) is 5.60 Å².